The lowest BCUT2D eigenvalue weighted by Crippen LogP contribution is -2.46. The molecule has 23 heavy (non-hydrogen) atoms. The van der Waals surface area contributed by atoms with Gasteiger partial charge < -0.3 is 15.0 Å². The van der Waals surface area contributed by atoms with Crippen LogP contribution in [0.5, 0.6) is 0 Å². The first-order chi connectivity index (χ1) is 10.6. The predicted molar refractivity (Wildman–Crippen MR) is 108 cm³/mol. The summed E-state index contributed by atoms with van der Waals surface area (Å²) in [6.07, 6.45) is 2.58. The molecule has 130 valence electrons. The van der Waals surface area contributed by atoms with Crippen LogP contribution >= 0.6 is 24.0 Å². The van der Waals surface area contributed by atoms with Crippen molar-refractivity contribution < 1.29 is 4.74 Å². The first kappa shape index (κ1) is 20.2. The number of ether oxygens (including phenoxy) is 1. The van der Waals surface area contributed by atoms with Gasteiger partial charge in [0.1, 0.15) is 0 Å². The van der Waals surface area contributed by atoms with Crippen LogP contribution in [0.1, 0.15) is 36.5 Å². The molecule has 0 aliphatic carbocycles. The molecule has 0 spiro atoms. The average Bonchev–Trinajstić information content (AvgIpc) is 2.51. The van der Waals surface area contributed by atoms with Crippen molar-refractivity contribution in [3.8, 4) is 0 Å². The molecule has 0 atom stereocenters. The summed E-state index contributed by atoms with van der Waals surface area (Å²) in [5.74, 6) is 0.995. The van der Waals surface area contributed by atoms with E-state index in [2.05, 4.69) is 54.2 Å². The van der Waals surface area contributed by atoms with Crippen LogP contribution in [-0.4, -0.2) is 43.7 Å². The number of rotatable bonds is 4. The quantitative estimate of drug-likeness (QED) is 0.451. The molecule has 0 amide bonds. The highest BCUT2D eigenvalue weighted by molar-refractivity contribution is 14.0. The van der Waals surface area contributed by atoms with Crippen LogP contribution in [0.3, 0.4) is 0 Å². The second kappa shape index (κ2) is 10.1. The Bertz CT molecular complexity index is 511. The second-order valence-electron chi connectivity index (χ2n) is 5.97. The first-order valence-corrected chi connectivity index (χ1v) is 8.27. The Morgan fingerprint density at radius 3 is 2.57 bits per heavy atom. The van der Waals surface area contributed by atoms with E-state index in [1.807, 2.05) is 7.05 Å². The molecule has 1 aliphatic heterocycles. The number of benzene rings is 1. The van der Waals surface area contributed by atoms with Gasteiger partial charge in [-0.1, -0.05) is 23.8 Å². The van der Waals surface area contributed by atoms with Crippen LogP contribution in [0.15, 0.2) is 23.2 Å². The molecule has 0 bridgehead atoms. The molecule has 5 heteroatoms. The molecule has 1 aromatic rings. The summed E-state index contributed by atoms with van der Waals surface area (Å²) in [4.78, 5) is 6.77. The van der Waals surface area contributed by atoms with E-state index in [1.165, 1.54) is 16.7 Å². The third kappa shape index (κ3) is 5.95. The van der Waals surface area contributed by atoms with Crippen molar-refractivity contribution in [1.82, 2.24) is 10.2 Å². The summed E-state index contributed by atoms with van der Waals surface area (Å²) in [6, 6.07) is 6.60. The van der Waals surface area contributed by atoms with Gasteiger partial charge in [0.05, 0.1) is 6.10 Å². The summed E-state index contributed by atoms with van der Waals surface area (Å²) in [5.41, 5.74) is 3.97. The summed E-state index contributed by atoms with van der Waals surface area (Å²) >= 11 is 0. The highest BCUT2D eigenvalue weighted by Gasteiger charge is 2.21. The largest absolute Gasteiger partial charge is 0.378 e. The zero-order chi connectivity index (χ0) is 15.9. The Morgan fingerprint density at radius 2 is 2.00 bits per heavy atom. The predicted octanol–water partition coefficient (Wildman–Crippen LogP) is 3.50. The van der Waals surface area contributed by atoms with Crippen LogP contribution in [0, 0.1) is 13.8 Å². The molecule has 1 fully saturated rings. The van der Waals surface area contributed by atoms with Gasteiger partial charge in [0.2, 0.25) is 0 Å². The molecular weight excluding hydrogens is 401 g/mol. The first-order valence-electron chi connectivity index (χ1n) is 8.27. The number of halogens is 1. The Balaban J connectivity index is 0.00000264. The fourth-order valence-corrected chi connectivity index (χ4v) is 3.02. The minimum absolute atomic E-state index is 0. The van der Waals surface area contributed by atoms with Gasteiger partial charge in [-0.15, -0.1) is 24.0 Å². The Kier molecular flexibility index (Phi) is 8.91. The SMILES string of the molecule is CCOC1CCN(C(=NC)NCc2ccc(C)cc2C)CC1.I. The summed E-state index contributed by atoms with van der Waals surface area (Å²) < 4.78 is 5.71. The van der Waals surface area contributed by atoms with Gasteiger partial charge in [0, 0.05) is 33.3 Å². The molecule has 4 nitrogen and oxygen atoms in total. The second-order valence-corrected chi connectivity index (χ2v) is 5.97. The van der Waals surface area contributed by atoms with E-state index < -0.39 is 0 Å². The minimum atomic E-state index is 0. The van der Waals surface area contributed by atoms with Crippen LogP contribution in [0.25, 0.3) is 0 Å². The fraction of sp³-hybridized carbons (Fsp3) is 0.611. The molecule has 1 heterocycles. The Morgan fingerprint density at radius 1 is 1.30 bits per heavy atom. The summed E-state index contributed by atoms with van der Waals surface area (Å²) in [6.45, 7) is 10.0. The van der Waals surface area contributed by atoms with E-state index in [9.17, 15) is 0 Å². The van der Waals surface area contributed by atoms with Crippen molar-refractivity contribution in [2.24, 2.45) is 4.99 Å². The third-order valence-electron chi connectivity index (χ3n) is 4.29. The lowest BCUT2D eigenvalue weighted by atomic mass is 10.1. The van der Waals surface area contributed by atoms with E-state index in [0.717, 1.165) is 45.0 Å². The van der Waals surface area contributed by atoms with E-state index in [4.69, 9.17) is 4.74 Å². The van der Waals surface area contributed by atoms with Gasteiger partial charge in [-0.05, 0) is 44.7 Å². The lowest BCUT2D eigenvalue weighted by molar-refractivity contribution is 0.0263. The van der Waals surface area contributed by atoms with E-state index in [-0.39, 0.29) is 24.0 Å². The molecule has 1 saturated heterocycles. The van der Waals surface area contributed by atoms with Gasteiger partial charge in [-0.2, -0.15) is 0 Å². The normalized spacial score (nSPS) is 16.2. The molecule has 1 aromatic carbocycles. The maximum atomic E-state index is 5.71. The van der Waals surface area contributed by atoms with Crippen molar-refractivity contribution in [2.45, 2.75) is 46.3 Å². The highest BCUT2D eigenvalue weighted by Crippen LogP contribution is 2.14. The third-order valence-corrected chi connectivity index (χ3v) is 4.29. The number of aryl methyl sites for hydroxylation is 2. The van der Waals surface area contributed by atoms with Gasteiger partial charge >= 0.3 is 0 Å². The van der Waals surface area contributed by atoms with Crippen LogP contribution in [0.4, 0.5) is 0 Å². The number of likely N-dealkylation sites (tertiary alicyclic amines) is 1. The number of aliphatic imine (C=N–C) groups is 1. The minimum Gasteiger partial charge on any atom is -0.378 e. The van der Waals surface area contributed by atoms with Crippen molar-refractivity contribution in [3.63, 3.8) is 0 Å². The molecule has 0 unspecified atom stereocenters. The lowest BCUT2D eigenvalue weighted by Gasteiger charge is -2.34. The standard InChI is InChI=1S/C18H29N3O.HI/c1-5-22-17-8-10-21(11-9-17)18(19-4)20-13-16-7-6-14(2)12-15(16)3;/h6-7,12,17H,5,8-11,13H2,1-4H3,(H,19,20);1H. The number of piperidine rings is 1. The maximum Gasteiger partial charge on any atom is 0.193 e. The van der Waals surface area contributed by atoms with Crippen molar-refractivity contribution >= 4 is 29.9 Å². The Hall–Kier alpha value is -0.820. The van der Waals surface area contributed by atoms with Crippen LogP contribution in [0.2, 0.25) is 0 Å². The highest BCUT2D eigenvalue weighted by atomic mass is 127. The molecule has 1 aliphatic rings. The van der Waals surface area contributed by atoms with Gasteiger partial charge in [0.15, 0.2) is 5.96 Å². The molecule has 0 saturated carbocycles. The van der Waals surface area contributed by atoms with E-state index in [1.54, 1.807) is 0 Å². The number of nitrogens with one attached hydrogen (secondary N) is 1. The monoisotopic (exact) mass is 431 g/mol. The van der Waals surface area contributed by atoms with Crippen LogP contribution < -0.4 is 5.32 Å². The zero-order valence-electron chi connectivity index (χ0n) is 14.8. The number of hydrogen-bond donors (Lipinski definition) is 1. The topological polar surface area (TPSA) is 36.9 Å². The fourth-order valence-electron chi connectivity index (χ4n) is 3.02. The zero-order valence-corrected chi connectivity index (χ0v) is 17.1. The summed E-state index contributed by atoms with van der Waals surface area (Å²) in [7, 11) is 1.86. The van der Waals surface area contributed by atoms with Gasteiger partial charge in [-0.25, -0.2) is 0 Å². The van der Waals surface area contributed by atoms with E-state index >= 15 is 0 Å². The average molecular weight is 431 g/mol. The number of hydrogen-bond acceptors (Lipinski definition) is 2. The van der Waals surface area contributed by atoms with E-state index in [0.29, 0.717) is 6.10 Å². The smallest absolute Gasteiger partial charge is 0.193 e. The van der Waals surface area contributed by atoms with Gasteiger partial charge in [-0.3, -0.25) is 4.99 Å². The molecular formula is C18H30IN3O. The van der Waals surface area contributed by atoms with Crippen molar-refractivity contribution in [2.75, 3.05) is 26.7 Å². The molecule has 0 aromatic heterocycles. The van der Waals surface area contributed by atoms with Crippen molar-refractivity contribution in [1.29, 1.82) is 0 Å². The van der Waals surface area contributed by atoms with Gasteiger partial charge in [0.25, 0.3) is 0 Å². The van der Waals surface area contributed by atoms with Crippen molar-refractivity contribution in [3.05, 3.63) is 34.9 Å². The Labute approximate surface area is 157 Å². The molecule has 0 radical (unpaired) electrons. The van der Waals surface area contributed by atoms with Crippen LogP contribution in [-0.2, 0) is 11.3 Å². The number of nitrogens with zero attached hydrogens (tertiary/aromatic N) is 2. The molecule has 2 rings (SSSR count). The number of guanidine groups is 1. The maximum absolute atomic E-state index is 5.71. The summed E-state index contributed by atoms with van der Waals surface area (Å²) in [5, 5.41) is 3.50. The molecule has 1 N–H and O–H groups in total.